The second-order valence-electron chi connectivity index (χ2n) is 3.61. The molecule has 0 spiro atoms. The van der Waals surface area contributed by atoms with E-state index in [4.69, 9.17) is 16.3 Å². The zero-order valence-electron chi connectivity index (χ0n) is 9.56. The van der Waals surface area contributed by atoms with Crippen molar-refractivity contribution < 1.29 is 0 Å². The first-order valence-corrected chi connectivity index (χ1v) is 5.89. The van der Waals surface area contributed by atoms with Gasteiger partial charge in [-0.05, 0) is 24.6 Å². The molecule has 0 amide bonds. The third kappa shape index (κ3) is 2.24. The van der Waals surface area contributed by atoms with E-state index in [2.05, 4.69) is 10.3 Å². The maximum absolute atomic E-state index is 8.64. The number of anilines is 2. The Morgan fingerprint density at radius 2 is 2.17 bits per heavy atom. The number of aryl methyl sites for hydroxylation is 1. The van der Waals surface area contributed by atoms with Crippen LogP contribution in [0.4, 0.5) is 10.8 Å². The van der Waals surface area contributed by atoms with Gasteiger partial charge in [-0.25, -0.2) is 4.98 Å². The largest absolute Gasteiger partial charge is 0.375 e. The molecular weight excluding hydrogens is 246 g/mol. The Hall–Kier alpha value is -2.57. The number of nitriles is 2. The highest BCUT2D eigenvalue weighted by Gasteiger charge is 2.05. The molecule has 0 aliphatic rings. The Labute approximate surface area is 108 Å². The number of thiazole rings is 1. The number of fused-ring (bicyclic) bond motifs is 1. The van der Waals surface area contributed by atoms with Crippen molar-refractivity contribution in [2.24, 2.45) is 0 Å². The van der Waals surface area contributed by atoms with Crippen molar-refractivity contribution in [3.63, 3.8) is 0 Å². The first kappa shape index (κ1) is 11.9. The summed E-state index contributed by atoms with van der Waals surface area (Å²) >= 11 is 1.43. The monoisotopic (exact) mass is 255 g/mol. The van der Waals surface area contributed by atoms with E-state index < -0.39 is 0 Å². The molecule has 0 atom stereocenters. The molecule has 2 rings (SSSR count). The predicted molar refractivity (Wildman–Crippen MR) is 71.7 cm³/mol. The second-order valence-corrected chi connectivity index (χ2v) is 4.68. The fraction of sp³-hybridized carbons (Fsp3) is 0.0833. The van der Waals surface area contributed by atoms with Crippen LogP contribution in [-0.4, -0.2) is 4.98 Å². The molecule has 0 aliphatic carbocycles. The number of nitrogens with zero attached hydrogens (tertiary/aromatic N) is 3. The normalized spacial score (nSPS) is 9.50. The van der Waals surface area contributed by atoms with Gasteiger partial charge in [-0.1, -0.05) is 11.3 Å². The molecule has 2 aromatic rings. The van der Waals surface area contributed by atoms with Crippen LogP contribution >= 0.6 is 11.3 Å². The van der Waals surface area contributed by atoms with Crippen LogP contribution in [0.15, 0.2) is 23.9 Å². The summed E-state index contributed by atoms with van der Waals surface area (Å²) in [5, 5.41) is 20.7. The fourth-order valence-corrected chi connectivity index (χ4v) is 2.30. The number of nitrogens with two attached hydrogens (primary N) is 1. The molecule has 0 saturated heterocycles. The van der Waals surface area contributed by atoms with E-state index in [0.717, 1.165) is 21.5 Å². The Balaban J connectivity index is 2.40. The Kier molecular flexibility index (Phi) is 3.13. The van der Waals surface area contributed by atoms with Crippen molar-refractivity contribution in [3.05, 3.63) is 29.5 Å². The van der Waals surface area contributed by atoms with Crippen LogP contribution in [0.2, 0.25) is 0 Å². The molecule has 88 valence electrons. The minimum absolute atomic E-state index is 0.0206. The molecule has 0 saturated carbocycles. The summed E-state index contributed by atoms with van der Waals surface area (Å²) in [7, 11) is 0. The smallest absolute Gasteiger partial charge is 0.181 e. The highest BCUT2D eigenvalue weighted by Crippen LogP contribution is 2.29. The van der Waals surface area contributed by atoms with Crippen molar-refractivity contribution >= 4 is 32.4 Å². The van der Waals surface area contributed by atoms with Crippen molar-refractivity contribution in [1.29, 1.82) is 10.5 Å². The van der Waals surface area contributed by atoms with Crippen molar-refractivity contribution in [2.45, 2.75) is 6.92 Å². The molecule has 6 heteroatoms. The van der Waals surface area contributed by atoms with E-state index in [1.165, 1.54) is 17.5 Å². The lowest BCUT2D eigenvalue weighted by Crippen LogP contribution is -1.92. The number of nitrogens with one attached hydrogen (secondary N) is 1. The number of rotatable bonds is 2. The second kappa shape index (κ2) is 4.74. The Morgan fingerprint density at radius 3 is 2.83 bits per heavy atom. The summed E-state index contributed by atoms with van der Waals surface area (Å²) in [5.41, 5.74) is 8.27. The van der Waals surface area contributed by atoms with Crippen LogP contribution in [0.5, 0.6) is 0 Å². The van der Waals surface area contributed by atoms with Crippen LogP contribution in [0, 0.1) is 29.6 Å². The van der Waals surface area contributed by atoms with Gasteiger partial charge in [-0.2, -0.15) is 10.5 Å². The lowest BCUT2D eigenvalue weighted by molar-refractivity contribution is 1.41. The lowest BCUT2D eigenvalue weighted by atomic mass is 10.2. The topological polar surface area (TPSA) is 98.5 Å². The molecule has 0 aliphatic heterocycles. The molecule has 0 bridgehead atoms. The fourth-order valence-electron chi connectivity index (χ4n) is 1.49. The number of allylic oxidation sites excluding steroid dienone is 1. The van der Waals surface area contributed by atoms with Gasteiger partial charge in [0.05, 0.1) is 10.2 Å². The van der Waals surface area contributed by atoms with Gasteiger partial charge in [0.2, 0.25) is 0 Å². The number of hydrogen-bond acceptors (Lipinski definition) is 6. The highest BCUT2D eigenvalue weighted by atomic mass is 32.1. The van der Waals surface area contributed by atoms with Crippen LogP contribution in [-0.2, 0) is 0 Å². The van der Waals surface area contributed by atoms with Gasteiger partial charge in [0.25, 0.3) is 0 Å². The molecule has 0 fully saturated rings. The maximum atomic E-state index is 8.64. The summed E-state index contributed by atoms with van der Waals surface area (Å²) in [4.78, 5) is 4.19. The SMILES string of the molecule is Cc1cc2sc(N)nc2cc1NC=C(C#N)C#N. The summed E-state index contributed by atoms with van der Waals surface area (Å²) in [6, 6.07) is 7.39. The predicted octanol–water partition coefficient (Wildman–Crippen LogP) is 2.53. The molecule has 0 unspecified atom stereocenters. The Bertz CT molecular complexity index is 698. The van der Waals surface area contributed by atoms with Crippen LogP contribution < -0.4 is 11.1 Å². The minimum Gasteiger partial charge on any atom is -0.375 e. The third-order valence-electron chi connectivity index (χ3n) is 2.36. The average molecular weight is 255 g/mol. The van der Waals surface area contributed by atoms with E-state index >= 15 is 0 Å². The van der Waals surface area contributed by atoms with Gasteiger partial charge in [-0.3, -0.25) is 0 Å². The van der Waals surface area contributed by atoms with Crippen LogP contribution in [0.3, 0.4) is 0 Å². The quantitative estimate of drug-likeness (QED) is 0.803. The number of benzene rings is 1. The van der Waals surface area contributed by atoms with Gasteiger partial charge in [0.1, 0.15) is 17.7 Å². The van der Waals surface area contributed by atoms with Gasteiger partial charge in [-0.15, -0.1) is 0 Å². The van der Waals surface area contributed by atoms with E-state index in [-0.39, 0.29) is 5.57 Å². The zero-order chi connectivity index (χ0) is 13.1. The molecule has 18 heavy (non-hydrogen) atoms. The first-order chi connectivity index (χ1) is 8.63. The summed E-state index contributed by atoms with van der Waals surface area (Å²) in [6.07, 6.45) is 1.38. The number of aromatic nitrogens is 1. The average Bonchev–Trinajstić information content (AvgIpc) is 2.69. The van der Waals surface area contributed by atoms with Gasteiger partial charge in [0.15, 0.2) is 5.13 Å². The lowest BCUT2D eigenvalue weighted by Gasteiger charge is -2.04. The number of hydrogen-bond donors (Lipinski definition) is 2. The van der Waals surface area contributed by atoms with Crippen molar-refractivity contribution in [3.8, 4) is 12.1 Å². The third-order valence-corrected chi connectivity index (χ3v) is 3.21. The first-order valence-electron chi connectivity index (χ1n) is 5.07. The van der Waals surface area contributed by atoms with E-state index in [0.29, 0.717) is 5.13 Å². The summed E-state index contributed by atoms with van der Waals surface area (Å²) in [6.45, 7) is 1.93. The van der Waals surface area contributed by atoms with Crippen LogP contribution in [0.25, 0.3) is 10.2 Å². The van der Waals surface area contributed by atoms with E-state index in [1.807, 2.05) is 19.1 Å². The van der Waals surface area contributed by atoms with Crippen molar-refractivity contribution in [1.82, 2.24) is 4.98 Å². The summed E-state index contributed by atoms with van der Waals surface area (Å²) < 4.78 is 1.01. The van der Waals surface area contributed by atoms with Gasteiger partial charge in [0, 0.05) is 11.9 Å². The van der Waals surface area contributed by atoms with Gasteiger partial charge < -0.3 is 11.1 Å². The highest BCUT2D eigenvalue weighted by molar-refractivity contribution is 7.22. The minimum atomic E-state index is 0.0206. The molecule has 1 aromatic heterocycles. The molecule has 3 N–H and O–H groups in total. The van der Waals surface area contributed by atoms with Crippen LogP contribution in [0.1, 0.15) is 5.56 Å². The summed E-state index contributed by atoms with van der Waals surface area (Å²) in [5.74, 6) is 0. The molecule has 0 radical (unpaired) electrons. The number of nitrogen functional groups attached to an aromatic ring is 1. The molecular formula is C12H9N5S. The standard InChI is InChI=1S/C12H9N5S/c1-7-2-11-10(17-12(15)18-11)3-9(7)16-6-8(4-13)5-14/h2-3,6,16H,1H3,(H2,15,17). The van der Waals surface area contributed by atoms with E-state index in [1.54, 1.807) is 12.1 Å². The maximum Gasteiger partial charge on any atom is 0.181 e. The van der Waals surface area contributed by atoms with E-state index in [9.17, 15) is 0 Å². The molecule has 1 aromatic carbocycles. The molecule has 5 nitrogen and oxygen atoms in total. The van der Waals surface area contributed by atoms with Crippen molar-refractivity contribution in [2.75, 3.05) is 11.1 Å². The molecule has 1 heterocycles. The van der Waals surface area contributed by atoms with Gasteiger partial charge >= 0.3 is 0 Å². The Morgan fingerprint density at radius 1 is 1.44 bits per heavy atom. The zero-order valence-corrected chi connectivity index (χ0v) is 10.4.